The van der Waals surface area contributed by atoms with Gasteiger partial charge in [-0.1, -0.05) is 20.8 Å². The maximum atomic E-state index is 11.3. The minimum Gasteiger partial charge on any atom is -0.262 e. The molecule has 0 unspecified atom stereocenters. The quantitative estimate of drug-likeness (QED) is 0.334. The molecule has 0 fully saturated rings. The minimum absolute atomic E-state index is 0.0809. The van der Waals surface area contributed by atoms with Crippen LogP contribution in [0.3, 0.4) is 0 Å². The van der Waals surface area contributed by atoms with Crippen molar-refractivity contribution < 1.29 is 4.92 Å². The second-order valence-corrected chi connectivity index (χ2v) is 10.9. The maximum absolute atomic E-state index is 11.3. The summed E-state index contributed by atoms with van der Waals surface area (Å²) in [4.78, 5) is 22.9. The van der Waals surface area contributed by atoms with E-state index in [1.54, 1.807) is 40.7 Å². The number of hydrogen-bond donors (Lipinski definition) is 0. The molecule has 4 aromatic rings. The first-order valence-corrected chi connectivity index (χ1v) is 11.8. The summed E-state index contributed by atoms with van der Waals surface area (Å²) in [6.07, 6.45) is 5.62. The van der Waals surface area contributed by atoms with E-state index < -0.39 is 0 Å². The number of aromatic nitrogens is 6. The van der Waals surface area contributed by atoms with E-state index in [-0.39, 0.29) is 10.6 Å². The molecule has 10 heteroatoms. The summed E-state index contributed by atoms with van der Waals surface area (Å²) in [6.45, 7) is 10.9. The highest BCUT2D eigenvalue weighted by Gasteiger charge is 2.32. The number of fused-ring (bicyclic) bond motifs is 5. The van der Waals surface area contributed by atoms with Gasteiger partial charge in [-0.25, -0.2) is 14.5 Å². The Kier molecular flexibility index (Phi) is 4.81. The molecule has 0 aromatic carbocycles. The molecular formula is C22H27N7O2S. The van der Waals surface area contributed by atoms with Crippen molar-refractivity contribution in [1.82, 2.24) is 29.4 Å². The molecule has 1 aliphatic rings. The smallest absolute Gasteiger partial charge is 0.262 e. The summed E-state index contributed by atoms with van der Waals surface area (Å²) in [5.41, 5.74) is 3.61. The van der Waals surface area contributed by atoms with E-state index in [1.807, 2.05) is 0 Å². The fourth-order valence-corrected chi connectivity index (χ4v) is 6.10. The molecule has 1 aliphatic carbocycles. The average molecular weight is 454 g/mol. The van der Waals surface area contributed by atoms with Gasteiger partial charge in [0.2, 0.25) is 0 Å². The minimum atomic E-state index is -0.371. The number of thiophene rings is 1. The molecule has 4 aromatic heterocycles. The van der Waals surface area contributed by atoms with Gasteiger partial charge in [-0.15, -0.1) is 16.4 Å². The Bertz CT molecular complexity index is 1360. The zero-order chi connectivity index (χ0) is 22.8. The first-order valence-electron chi connectivity index (χ1n) is 11.0. The predicted molar refractivity (Wildman–Crippen MR) is 123 cm³/mol. The molecule has 0 N–H and O–H groups in total. The van der Waals surface area contributed by atoms with Gasteiger partial charge in [0.1, 0.15) is 22.5 Å². The summed E-state index contributed by atoms with van der Waals surface area (Å²) >= 11 is 1.79. The first-order chi connectivity index (χ1) is 15.1. The molecule has 0 bridgehead atoms. The lowest BCUT2D eigenvalue weighted by Gasteiger charge is -2.33. The number of hydrogen-bond acceptors (Lipinski definition) is 7. The molecule has 0 saturated heterocycles. The van der Waals surface area contributed by atoms with Crippen molar-refractivity contribution >= 4 is 32.9 Å². The van der Waals surface area contributed by atoms with Crippen LogP contribution in [0.15, 0.2) is 6.33 Å². The first kappa shape index (κ1) is 21.0. The van der Waals surface area contributed by atoms with Crippen molar-refractivity contribution in [1.29, 1.82) is 0 Å². The van der Waals surface area contributed by atoms with Crippen LogP contribution in [-0.4, -0.2) is 34.3 Å². The van der Waals surface area contributed by atoms with Crippen molar-refractivity contribution in [3.8, 4) is 0 Å². The van der Waals surface area contributed by atoms with E-state index in [0.717, 1.165) is 28.7 Å². The Morgan fingerprint density at radius 2 is 2.06 bits per heavy atom. The molecule has 0 saturated carbocycles. The van der Waals surface area contributed by atoms with Crippen LogP contribution in [0.1, 0.15) is 54.8 Å². The Labute approximate surface area is 189 Å². The molecule has 32 heavy (non-hydrogen) atoms. The Morgan fingerprint density at radius 1 is 1.28 bits per heavy atom. The fourth-order valence-electron chi connectivity index (χ4n) is 4.84. The van der Waals surface area contributed by atoms with Crippen LogP contribution in [0.5, 0.6) is 0 Å². The molecule has 0 spiro atoms. The van der Waals surface area contributed by atoms with Gasteiger partial charge in [-0.05, 0) is 50.0 Å². The largest absolute Gasteiger partial charge is 0.312 e. The molecule has 0 amide bonds. The van der Waals surface area contributed by atoms with E-state index >= 15 is 0 Å². The normalized spacial score (nSPS) is 16.7. The van der Waals surface area contributed by atoms with Gasteiger partial charge < -0.3 is 0 Å². The Balaban J connectivity index is 1.46. The lowest BCUT2D eigenvalue weighted by atomic mass is 9.72. The summed E-state index contributed by atoms with van der Waals surface area (Å²) in [5, 5.41) is 21.4. The van der Waals surface area contributed by atoms with Gasteiger partial charge in [0.15, 0.2) is 11.5 Å². The number of rotatable bonds is 4. The third-order valence-electron chi connectivity index (χ3n) is 6.73. The third-order valence-corrected chi connectivity index (χ3v) is 7.89. The number of aryl methyl sites for hydroxylation is 4. The topological polar surface area (TPSA) is 104 Å². The highest BCUT2D eigenvalue weighted by molar-refractivity contribution is 7.19. The monoisotopic (exact) mass is 453 g/mol. The zero-order valence-corrected chi connectivity index (χ0v) is 19.9. The summed E-state index contributed by atoms with van der Waals surface area (Å²) < 4.78 is 3.44. The molecular weight excluding hydrogens is 426 g/mol. The molecule has 1 atom stereocenters. The van der Waals surface area contributed by atoms with Crippen LogP contribution < -0.4 is 0 Å². The van der Waals surface area contributed by atoms with Crippen molar-refractivity contribution in [3.63, 3.8) is 0 Å². The molecule has 168 valence electrons. The average Bonchev–Trinajstić information content (AvgIpc) is 3.37. The van der Waals surface area contributed by atoms with Crippen molar-refractivity contribution in [2.75, 3.05) is 0 Å². The van der Waals surface area contributed by atoms with Gasteiger partial charge in [0.25, 0.3) is 0 Å². The summed E-state index contributed by atoms with van der Waals surface area (Å²) in [6, 6.07) is 0. The molecule has 5 rings (SSSR count). The lowest BCUT2D eigenvalue weighted by molar-refractivity contribution is -0.386. The van der Waals surface area contributed by atoms with Gasteiger partial charge in [-0.2, -0.15) is 5.10 Å². The Morgan fingerprint density at radius 3 is 2.75 bits per heavy atom. The second kappa shape index (κ2) is 7.33. The van der Waals surface area contributed by atoms with E-state index in [0.29, 0.717) is 41.5 Å². The second-order valence-electron chi connectivity index (χ2n) is 9.78. The maximum Gasteiger partial charge on any atom is 0.312 e. The Hall–Kier alpha value is -2.88. The highest BCUT2D eigenvalue weighted by Crippen LogP contribution is 2.43. The van der Waals surface area contributed by atoms with Crippen LogP contribution in [0.4, 0.5) is 5.69 Å². The standard InChI is InChI=1S/C22H27N7O2S/c1-12-19(29(30)31)13(2)27(25-12)9-8-17-24-20-18-15-7-6-14(22(3,4)5)10-16(15)32-21(18)23-11-28(20)26-17/h11,14H,6-10H2,1-5H3/t14-/m1/s1. The van der Waals surface area contributed by atoms with Gasteiger partial charge in [0, 0.05) is 17.8 Å². The van der Waals surface area contributed by atoms with Crippen LogP contribution >= 0.6 is 11.3 Å². The highest BCUT2D eigenvalue weighted by atomic mass is 32.1. The van der Waals surface area contributed by atoms with Crippen LogP contribution in [0.25, 0.3) is 15.9 Å². The van der Waals surface area contributed by atoms with Crippen LogP contribution in [-0.2, 0) is 25.8 Å². The number of nitro groups is 1. The SMILES string of the molecule is Cc1nn(CCc2nc3c4c5c(sc4ncn3n2)C[C@H](C(C)(C)C)CC5)c(C)c1[N+](=O)[O-]. The lowest BCUT2D eigenvalue weighted by Crippen LogP contribution is -2.26. The molecule has 0 radical (unpaired) electrons. The molecule has 0 aliphatic heterocycles. The van der Waals surface area contributed by atoms with Crippen LogP contribution in [0.2, 0.25) is 0 Å². The van der Waals surface area contributed by atoms with E-state index in [2.05, 4.69) is 36.0 Å². The van der Waals surface area contributed by atoms with Gasteiger partial charge in [0.05, 0.1) is 10.3 Å². The molecule has 9 nitrogen and oxygen atoms in total. The van der Waals surface area contributed by atoms with E-state index in [1.165, 1.54) is 16.9 Å². The predicted octanol–water partition coefficient (Wildman–Crippen LogP) is 4.45. The summed E-state index contributed by atoms with van der Waals surface area (Å²) in [7, 11) is 0. The van der Waals surface area contributed by atoms with Crippen molar-refractivity contribution in [3.05, 3.63) is 44.1 Å². The number of nitrogens with zero attached hydrogens (tertiary/aromatic N) is 7. The third kappa shape index (κ3) is 3.37. The molecule has 4 heterocycles. The van der Waals surface area contributed by atoms with Gasteiger partial charge >= 0.3 is 5.69 Å². The zero-order valence-electron chi connectivity index (χ0n) is 19.0. The van der Waals surface area contributed by atoms with Crippen molar-refractivity contribution in [2.45, 2.75) is 66.8 Å². The van der Waals surface area contributed by atoms with Crippen molar-refractivity contribution in [2.24, 2.45) is 11.3 Å². The van der Waals surface area contributed by atoms with Crippen LogP contribution in [0, 0.1) is 35.3 Å². The van der Waals surface area contributed by atoms with E-state index in [9.17, 15) is 10.1 Å². The fraction of sp³-hybridized carbons (Fsp3) is 0.545. The van der Waals surface area contributed by atoms with E-state index in [4.69, 9.17) is 4.98 Å². The van der Waals surface area contributed by atoms with Gasteiger partial charge in [-0.3, -0.25) is 14.8 Å². The summed E-state index contributed by atoms with van der Waals surface area (Å²) in [5.74, 6) is 1.37.